The maximum atomic E-state index is 13.5. The largest absolute Gasteiger partial charge is 0.507 e. The van der Waals surface area contributed by atoms with Crippen LogP contribution in [0.2, 0.25) is 0 Å². The molecule has 2 aliphatic heterocycles. The van der Waals surface area contributed by atoms with Gasteiger partial charge >= 0.3 is 0 Å². The fourth-order valence-electron chi connectivity index (χ4n) is 5.25. The summed E-state index contributed by atoms with van der Waals surface area (Å²) in [4.78, 5) is 30.7. The summed E-state index contributed by atoms with van der Waals surface area (Å²) in [6.45, 7) is 6.28. The van der Waals surface area contributed by atoms with E-state index in [1.54, 1.807) is 48.4 Å². The maximum Gasteiger partial charge on any atom is 0.295 e. The number of aliphatic hydroxyl groups is 1. The fraction of sp³-hybridized carbons (Fsp3) is 0.333. The predicted molar refractivity (Wildman–Crippen MR) is 158 cm³/mol. The zero-order chi connectivity index (χ0) is 29.5. The van der Waals surface area contributed by atoms with Gasteiger partial charge in [0, 0.05) is 31.7 Å². The first kappa shape index (κ1) is 29.2. The lowest BCUT2D eigenvalue weighted by atomic mass is 9.95. The van der Waals surface area contributed by atoms with Crippen LogP contribution in [0.5, 0.6) is 17.2 Å². The number of rotatable bonds is 11. The molecule has 9 heteroatoms. The van der Waals surface area contributed by atoms with Crippen LogP contribution in [-0.2, 0) is 20.9 Å². The van der Waals surface area contributed by atoms with E-state index in [1.807, 2.05) is 43.3 Å². The van der Waals surface area contributed by atoms with Gasteiger partial charge < -0.3 is 29.0 Å². The second kappa shape index (κ2) is 13.5. The molecule has 220 valence electrons. The normalized spacial score (nSPS) is 18.7. The Hall–Kier alpha value is -4.34. The molecular weight excluding hydrogens is 536 g/mol. The molecule has 3 aromatic rings. The Morgan fingerprint density at radius 1 is 0.929 bits per heavy atom. The molecule has 2 saturated heterocycles. The van der Waals surface area contributed by atoms with E-state index < -0.39 is 17.7 Å². The second-order valence-corrected chi connectivity index (χ2v) is 10.1. The molecule has 5 rings (SSSR count). The lowest BCUT2D eigenvalue weighted by Gasteiger charge is -2.31. The van der Waals surface area contributed by atoms with Crippen molar-refractivity contribution < 1.29 is 33.6 Å². The Kier molecular flexibility index (Phi) is 9.41. The van der Waals surface area contributed by atoms with Crippen molar-refractivity contribution in [1.29, 1.82) is 0 Å². The van der Waals surface area contributed by atoms with E-state index in [0.29, 0.717) is 67.9 Å². The van der Waals surface area contributed by atoms with Crippen molar-refractivity contribution in [3.63, 3.8) is 0 Å². The Morgan fingerprint density at radius 2 is 1.67 bits per heavy atom. The summed E-state index contributed by atoms with van der Waals surface area (Å²) < 4.78 is 22.7. The third-order valence-corrected chi connectivity index (χ3v) is 7.48. The third-order valence-electron chi connectivity index (χ3n) is 7.48. The number of amides is 1. The summed E-state index contributed by atoms with van der Waals surface area (Å²) in [5.41, 5.74) is 2.11. The summed E-state index contributed by atoms with van der Waals surface area (Å²) in [5, 5.41) is 11.4. The van der Waals surface area contributed by atoms with Gasteiger partial charge in [-0.2, -0.15) is 0 Å². The molecule has 2 fully saturated rings. The topological polar surface area (TPSA) is 97.8 Å². The monoisotopic (exact) mass is 572 g/mol. The van der Waals surface area contributed by atoms with E-state index in [-0.39, 0.29) is 11.3 Å². The number of carbonyl (C=O) groups excluding carboxylic acids is 2. The first-order valence-corrected chi connectivity index (χ1v) is 14.2. The number of methoxy groups -OCH3 is 1. The lowest BCUT2D eigenvalue weighted by Crippen LogP contribution is -2.42. The standard InChI is InChI=1S/C33H36N2O7/c1-3-41-28-21-25(11-14-27(28)42-22-23-7-5-4-6-8-23)30-29(31(36)24-9-12-26(39-2)13-10-24)32(37)33(38)35(30)16-15-34-17-19-40-20-18-34/h4-14,21,30,36H,3,15-20,22H2,1-2H3/b31-29+. The molecular formula is C33H36N2O7. The van der Waals surface area contributed by atoms with Crippen molar-refractivity contribution in [3.05, 3.63) is 95.1 Å². The molecule has 0 bridgehead atoms. The zero-order valence-corrected chi connectivity index (χ0v) is 24.0. The van der Waals surface area contributed by atoms with Gasteiger partial charge in [-0.1, -0.05) is 36.4 Å². The first-order chi connectivity index (χ1) is 20.5. The van der Waals surface area contributed by atoms with Gasteiger partial charge in [-0.3, -0.25) is 14.5 Å². The van der Waals surface area contributed by atoms with Crippen molar-refractivity contribution in [2.75, 3.05) is 53.1 Å². The quantitative estimate of drug-likeness (QED) is 0.205. The molecule has 0 spiro atoms. The molecule has 0 aromatic heterocycles. The van der Waals surface area contributed by atoms with Crippen molar-refractivity contribution in [2.24, 2.45) is 0 Å². The van der Waals surface area contributed by atoms with E-state index in [9.17, 15) is 14.7 Å². The van der Waals surface area contributed by atoms with Crippen molar-refractivity contribution in [1.82, 2.24) is 9.80 Å². The van der Waals surface area contributed by atoms with Gasteiger partial charge in [-0.05, 0) is 54.4 Å². The van der Waals surface area contributed by atoms with Crippen LogP contribution in [-0.4, -0.2) is 79.7 Å². The molecule has 0 saturated carbocycles. The summed E-state index contributed by atoms with van der Waals surface area (Å²) in [6.07, 6.45) is 0. The zero-order valence-electron chi connectivity index (χ0n) is 24.0. The molecule has 9 nitrogen and oxygen atoms in total. The average molecular weight is 573 g/mol. The van der Waals surface area contributed by atoms with Gasteiger partial charge in [-0.15, -0.1) is 0 Å². The lowest BCUT2D eigenvalue weighted by molar-refractivity contribution is -0.140. The molecule has 1 atom stereocenters. The summed E-state index contributed by atoms with van der Waals surface area (Å²) in [6, 6.07) is 21.1. The third kappa shape index (κ3) is 6.42. The van der Waals surface area contributed by atoms with Crippen LogP contribution in [0.4, 0.5) is 0 Å². The molecule has 2 aliphatic rings. The van der Waals surface area contributed by atoms with E-state index in [4.69, 9.17) is 18.9 Å². The molecule has 0 radical (unpaired) electrons. The molecule has 1 amide bonds. The van der Waals surface area contributed by atoms with E-state index in [1.165, 1.54) is 0 Å². The smallest absolute Gasteiger partial charge is 0.295 e. The predicted octanol–water partition coefficient (Wildman–Crippen LogP) is 4.43. The molecule has 1 N–H and O–H groups in total. The molecule has 0 aliphatic carbocycles. The van der Waals surface area contributed by atoms with E-state index >= 15 is 0 Å². The average Bonchev–Trinajstić information content (AvgIpc) is 3.29. The number of nitrogens with zero attached hydrogens (tertiary/aromatic N) is 2. The Morgan fingerprint density at radius 3 is 2.36 bits per heavy atom. The highest BCUT2D eigenvalue weighted by Gasteiger charge is 2.46. The van der Waals surface area contributed by atoms with Crippen LogP contribution in [0.25, 0.3) is 5.76 Å². The van der Waals surface area contributed by atoms with Crippen molar-refractivity contribution >= 4 is 17.4 Å². The summed E-state index contributed by atoms with van der Waals surface area (Å²) in [7, 11) is 1.55. The van der Waals surface area contributed by atoms with Crippen LogP contribution in [0.15, 0.2) is 78.4 Å². The number of aliphatic hydroxyl groups excluding tert-OH is 1. The van der Waals surface area contributed by atoms with E-state index in [0.717, 1.165) is 18.7 Å². The highest BCUT2D eigenvalue weighted by Crippen LogP contribution is 2.42. The van der Waals surface area contributed by atoms with Gasteiger partial charge in [0.1, 0.15) is 18.1 Å². The second-order valence-electron chi connectivity index (χ2n) is 10.1. The first-order valence-electron chi connectivity index (χ1n) is 14.2. The minimum Gasteiger partial charge on any atom is -0.507 e. The highest BCUT2D eigenvalue weighted by molar-refractivity contribution is 6.46. The number of hydrogen-bond acceptors (Lipinski definition) is 8. The van der Waals surface area contributed by atoms with Gasteiger partial charge in [0.2, 0.25) is 0 Å². The van der Waals surface area contributed by atoms with Crippen LogP contribution in [0.1, 0.15) is 29.7 Å². The van der Waals surface area contributed by atoms with Crippen LogP contribution in [0, 0.1) is 0 Å². The summed E-state index contributed by atoms with van der Waals surface area (Å²) >= 11 is 0. The minimum atomic E-state index is -0.810. The molecule has 3 aromatic carbocycles. The molecule has 2 heterocycles. The Balaban J connectivity index is 1.52. The molecule has 1 unspecified atom stereocenters. The number of carbonyl (C=O) groups is 2. The number of ether oxygens (including phenoxy) is 4. The Labute approximate surface area is 245 Å². The molecule has 42 heavy (non-hydrogen) atoms. The number of ketones is 1. The maximum absolute atomic E-state index is 13.5. The van der Waals surface area contributed by atoms with Gasteiger partial charge in [0.25, 0.3) is 11.7 Å². The van der Waals surface area contributed by atoms with Crippen LogP contribution >= 0.6 is 0 Å². The highest BCUT2D eigenvalue weighted by atomic mass is 16.5. The van der Waals surface area contributed by atoms with Gasteiger partial charge in [-0.25, -0.2) is 0 Å². The number of benzene rings is 3. The number of morpholine rings is 1. The summed E-state index contributed by atoms with van der Waals surface area (Å²) in [5.74, 6) is 0.0427. The van der Waals surface area contributed by atoms with E-state index in [2.05, 4.69) is 4.90 Å². The Bertz CT molecular complexity index is 1420. The fourth-order valence-corrected chi connectivity index (χ4v) is 5.25. The van der Waals surface area contributed by atoms with Crippen molar-refractivity contribution in [2.45, 2.75) is 19.6 Å². The van der Waals surface area contributed by atoms with Crippen LogP contribution in [0.3, 0.4) is 0 Å². The van der Waals surface area contributed by atoms with Gasteiger partial charge in [0.05, 0.1) is 38.5 Å². The SMILES string of the molecule is CCOc1cc(C2/C(=C(\O)c3ccc(OC)cc3)C(=O)C(=O)N2CCN2CCOCC2)ccc1OCc1ccccc1. The van der Waals surface area contributed by atoms with Crippen molar-refractivity contribution in [3.8, 4) is 17.2 Å². The number of Topliss-reactive ketones (excluding diaryl/α,β-unsaturated/α-hetero) is 1. The number of hydrogen-bond donors (Lipinski definition) is 1. The minimum absolute atomic E-state index is 0.0348. The van der Waals surface area contributed by atoms with Crippen LogP contribution < -0.4 is 14.2 Å². The number of likely N-dealkylation sites (tertiary alicyclic amines) is 1. The van der Waals surface area contributed by atoms with Gasteiger partial charge in [0.15, 0.2) is 11.5 Å².